The molecule has 0 unspecified atom stereocenters. The van der Waals surface area contributed by atoms with E-state index < -0.39 is 0 Å². The summed E-state index contributed by atoms with van der Waals surface area (Å²) in [6.07, 6.45) is 5.51. The van der Waals surface area contributed by atoms with Gasteiger partial charge in [-0.1, -0.05) is 6.08 Å². The van der Waals surface area contributed by atoms with Gasteiger partial charge in [0.2, 0.25) is 0 Å². The fraction of sp³-hybridized carbons (Fsp3) is 0.750. The molecule has 0 radical (unpaired) electrons. The lowest BCUT2D eigenvalue weighted by molar-refractivity contribution is 0.258. The van der Waals surface area contributed by atoms with Crippen LogP contribution >= 0.6 is 0 Å². The van der Waals surface area contributed by atoms with Gasteiger partial charge < -0.3 is 4.90 Å². The molecule has 1 nitrogen and oxygen atoms in total. The van der Waals surface area contributed by atoms with E-state index in [0.29, 0.717) is 0 Å². The van der Waals surface area contributed by atoms with Crippen molar-refractivity contribution in [1.29, 1.82) is 0 Å². The first-order chi connectivity index (χ1) is 4.92. The quantitative estimate of drug-likeness (QED) is 0.537. The number of hydrogen-bond donors (Lipinski definition) is 0. The van der Waals surface area contributed by atoms with Crippen LogP contribution in [0, 0.1) is 0 Å². The molecule has 1 fully saturated rings. The monoisotopic (exact) mass is 141 g/mol. The second-order valence-corrected chi connectivity index (χ2v) is 3.02. The van der Waals surface area contributed by atoms with E-state index in [4.69, 9.17) is 0 Å². The van der Waals surface area contributed by atoms with Crippen LogP contribution < -0.4 is 0 Å². The lowest BCUT2D eigenvalue weighted by atomic mass is 10.2. The van der Waals surface area contributed by atoms with Gasteiger partial charge in [-0.05, 0) is 19.3 Å². The highest BCUT2D eigenvalue weighted by Crippen LogP contribution is 2.31. The van der Waals surface area contributed by atoms with E-state index in [0.717, 1.165) is 25.8 Å². The van der Waals surface area contributed by atoms with Crippen molar-refractivity contribution in [1.82, 2.24) is 4.90 Å². The van der Waals surface area contributed by atoms with Crippen LogP contribution in [0.15, 0.2) is 11.8 Å². The molecule has 0 spiro atoms. The van der Waals surface area contributed by atoms with Crippen LogP contribution in [0.2, 0.25) is 0 Å². The summed E-state index contributed by atoms with van der Waals surface area (Å²) in [7, 11) is 0. The van der Waals surface area contributed by atoms with Gasteiger partial charge >= 0.3 is 0 Å². The Balaban J connectivity index is 2.11. The van der Waals surface area contributed by atoms with Crippen LogP contribution in [0.3, 0.4) is 0 Å². The van der Waals surface area contributed by atoms with Crippen molar-refractivity contribution in [2.75, 3.05) is 13.2 Å². The third-order valence-electron chi connectivity index (χ3n) is 2.47. The van der Waals surface area contributed by atoms with Gasteiger partial charge in [-0.25, -0.2) is 4.39 Å². The molecule has 2 heteroatoms. The molecule has 56 valence electrons. The molecule has 10 heavy (non-hydrogen) atoms. The summed E-state index contributed by atoms with van der Waals surface area (Å²) in [5.41, 5.74) is 1.39. The fourth-order valence-corrected chi connectivity index (χ4v) is 1.92. The van der Waals surface area contributed by atoms with E-state index in [9.17, 15) is 4.39 Å². The number of nitrogens with zero attached hydrogens (tertiary/aromatic N) is 1. The molecule has 0 bridgehead atoms. The SMILES string of the molecule is FC[C@H]1CCC2=CCCN21. The van der Waals surface area contributed by atoms with E-state index >= 15 is 0 Å². The molecular weight excluding hydrogens is 129 g/mol. The van der Waals surface area contributed by atoms with Crippen LogP contribution in [0.5, 0.6) is 0 Å². The van der Waals surface area contributed by atoms with Gasteiger partial charge in [-0.2, -0.15) is 0 Å². The zero-order valence-corrected chi connectivity index (χ0v) is 6.02. The van der Waals surface area contributed by atoms with Crippen LogP contribution in [-0.4, -0.2) is 24.2 Å². The van der Waals surface area contributed by atoms with E-state index in [1.54, 1.807) is 0 Å². The minimum absolute atomic E-state index is 0.169. The average molecular weight is 141 g/mol. The summed E-state index contributed by atoms with van der Waals surface area (Å²) in [5, 5.41) is 0. The molecule has 0 aromatic rings. The van der Waals surface area contributed by atoms with Crippen LogP contribution in [0.1, 0.15) is 19.3 Å². The second kappa shape index (κ2) is 2.26. The number of hydrogen-bond acceptors (Lipinski definition) is 1. The van der Waals surface area contributed by atoms with Crippen molar-refractivity contribution in [3.8, 4) is 0 Å². The van der Waals surface area contributed by atoms with Crippen molar-refractivity contribution in [3.63, 3.8) is 0 Å². The van der Waals surface area contributed by atoms with E-state index in [1.807, 2.05) is 0 Å². The Morgan fingerprint density at radius 1 is 1.70 bits per heavy atom. The number of halogens is 1. The van der Waals surface area contributed by atoms with Crippen LogP contribution in [-0.2, 0) is 0 Å². The summed E-state index contributed by atoms with van der Waals surface area (Å²) >= 11 is 0. The molecule has 0 amide bonds. The molecule has 0 N–H and O–H groups in total. The molecule has 2 aliphatic heterocycles. The van der Waals surface area contributed by atoms with E-state index in [-0.39, 0.29) is 12.7 Å². The van der Waals surface area contributed by atoms with Gasteiger partial charge in [-0.3, -0.25) is 0 Å². The summed E-state index contributed by atoms with van der Waals surface area (Å²) in [5.74, 6) is 0. The fourth-order valence-electron chi connectivity index (χ4n) is 1.92. The van der Waals surface area contributed by atoms with Gasteiger partial charge in [0, 0.05) is 12.2 Å². The Morgan fingerprint density at radius 3 is 3.40 bits per heavy atom. The standard InChI is InChI=1S/C8H12FN/c9-6-8-4-3-7-2-1-5-10(7)8/h2,8H,1,3-6H2/t8-/m1/s1. The molecule has 0 aliphatic carbocycles. The summed E-state index contributed by atoms with van der Waals surface area (Å²) < 4.78 is 12.3. The number of allylic oxidation sites excluding steroid dienone is 1. The first kappa shape index (κ1) is 6.20. The largest absolute Gasteiger partial charge is 0.369 e. The number of rotatable bonds is 1. The highest BCUT2D eigenvalue weighted by Gasteiger charge is 2.29. The van der Waals surface area contributed by atoms with Crippen molar-refractivity contribution < 1.29 is 4.39 Å². The lowest BCUT2D eigenvalue weighted by Gasteiger charge is -2.20. The minimum Gasteiger partial charge on any atom is -0.369 e. The predicted octanol–water partition coefficient (Wildman–Crippen LogP) is 1.71. The summed E-state index contributed by atoms with van der Waals surface area (Å²) in [4.78, 5) is 2.22. The van der Waals surface area contributed by atoms with E-state index in [1.165, 1.54) is 5.70 Å². The van der Waals surface area contributed by atoms with E-state index in [2.05, 4.69) is 11.0 Å². The zero-order valence-electron chi connectivity index (χ0n) is 6.02. The zero-order chi connectivity index (χ0) is 6.97. The first-order valence-electron chi connectivity index (χ1n) is 3.93. The molecule has 0 aromatic carbocycles. The molecule has 2 rings (SSSR count). The second-order valence-electron chi connectivity index (χ2n) is 3.02. The third-order valence-corrected chi connectivity index (χ3v) is 2.47. The first-order valence-corrected chi connectivity index (χ1v) is 3.93. The lowest BCUT2D eigenvalue weighted by Crippen LogP contribution is -2.27. The summed E-state index contributed by atoms with van der Waals surface area (Å²) in [6.45, 7) is 0.890. The maximum absolute atomic E-state index is 12.3. The highest BCUT2D eigenvalue weighted by atomic mass is 19.1. The van der Waals surface area contributed by atoms with Crippen LogP contribution in [0.4, 0.5) is 4.39 Å². The van der Waals surface area contributed by atoms with Gasteiger partial charge in [0.1, 0.15) is 6.67 Å². The maximum atomic E-state index is 12.3. The molecule has 0 aromatic heterocycles. The van der Waals surface area contributed by atoms with Crippen molar-refractivity contribution in [3.05, 3.63) is 11.8 Å². The van der Waals surface area contributed by atoms with Crippen molar-refractivity contribution in [2.45, 2.75) is 25.3 Å². The minimum atomic E-state index is -0.169. The Labute approximate surface area is 60.5 Å². The Hall–Kier alpha value is -0.530. The van der Waals surface area contributed by atoms with Gasteiger partial charge in [-0.15, -0.1) is 0 Å². The number of fused-ring (bicyclic) bond motifs is 1. The third kappa shape index (κ3) is 0.746. The molecule has 2 aliphatic rings. The predicted molar refractivity (Wildman–Crippen MR) is 38.4 cm³/mol. The normalized spacial score (nSPS) is 30.7. The molecular formula is C8H12FN. The molecule has 1 atom stereocenters. The Bertz CT molecular complexity index is 165. The summed E-state index contributed by atoms with van der Waals surface area (Å²) in [6, 6.07) is 0.216. The smallest absolute Gasteiger partial charge is 0.110 e. The van der Waals surface area contributed by atoms with Crippen molar-refractivity contribution in [2.24, 2.45) is 0 Å². The Kier molecular flexibility index (Phi) is 1.40. The topological polar surface area (TPSA) is 3.24 Å². The molecule has 2 heterocycles. The number of alkyl halides is 1. The van der Waals surface area contributed by atoms with Gasteiger partial charge in [0.25, 0.3) is 0 Å². The maximum Gasteiger partial charge on any atom is 0.110 e. The highest BCUT2D eigenvalue weighted by molar-refractivity contribution is 5.14. The van der Waals surface area contributed by atoms with Crippen LogP contribution in [0.25, 0.3) is 0 Å². The van der Waals surface area contributed by atoms with Gasteiger partial charge in [0.05, 0.1) is 6.04 Å². The Morgan fingerprint density at radius 2 is 2.60 bits per heavy atom. The van der Waals surface area contributed by atoms with Gasteiger partial charge in [0.15, 0.2) is 0 Å². The molecule has 1 saturated heterocycles. The average Bonchev–Trinajstić information content (AvgIpc) is 2.44. The van der Waals surface area contributed by atoms with Crippen molar-refractivity contribution >= 4 is 0 Å². The molecule has 0 saturated carbocycles.